The average Bonchev–Trinajstić information content (AvgIpc) is 3.08. The highest BCUT2D eigenvalue weighted by molar-refractivity contribution is 6.00. The number of aryl methyl sites for hydroxylation is 1. The number of nitriles is 1. The van der Waals surface area contributed by atoms with Crippen molar-refractivity contribution in [2.45, 2.75) is 26.8 Å². The Kier molecular flexibility index (Phi) is 9.05. The van der Waals surface area contributed by atoms with Gasteiger partial charge < -0.3 is 23.5 Å². The van der Waals surface area contributed by atoms with Gasteiger partial charge in [0.15, 0.2) is 24.7 Å². The second-order valence-electron chi connectivity index (χ2n) is 7.18. The molecule has 1 unspecified atom stereocenters. The van der Waals surface area contributed by atoms with E-state index in [1.165, 1.54) is 13.2 Å². The van der Waals surface area contributed by atoms with Gasteiger partial charge in [0.1, 0.15) is 6.07 Å². The van der Waals surface area contributed by atoms with Gasteiger partial charge in [-0.05, 0) is 50.6 Å². The lowest BCUT2D eigenvalue weighted by atomic mass is 10.1. The number of esters is 1. The first-order chi connectivity index (χ1) is 15.3. The van der Waals surface area contributed by atoms with E-state index in [1.54, 1.807) is 37.5 Å². The van der Waals surface area contributed by atoms with Gasteiger partial charge in [-0.25, -0.2) is 4.79 Å². The fourth-order valence-electron chi connectivity index (χ4n) is 3.50. The van der Waals surface area contributed by atoms with Crippen molar-refractivity contribution >= 4 is 17.8 Å². The molecule has 0 aliphatic carbocycles. The molecule has 1 atom stereocenters. The van der Waals surface area contributed by atoms with Gasteiger partial charge in [0, 0.05) is 30.1 Å². The maximum absolute atomic E-state index is 12.6. The second-order valence-corrected chi connectivity index (χ2v) is 7.18. The number of Topliss-reactive ketones (excluding diaryl/α,β-unsaturated/α-hetero) is 1. The van der Waals surface area contributed by atoms with Gasteiger partial charge in [0.2, 0.25) is 5.78 Å². The normalized spacial score (nSPS) is 11.8. The van der Waals surface area contributed by atoms with Crippen molar-refractivity contribution in [3.05, 3.63) is 52.9 Å². The summed E-state index contributed by atoms with van der Waals surface area (Å²) >= 11 is 0. The number of benzene rings is 1. The van der Waals surface area contributed by atoms with Crippen LogP contribution >= 0.6 is 0 Å². The summed E-state index contributed by atoms with van der Waals surface area (Å²) in [6.45, 7) is 5.89. The predicted molar refractivity (Wildman–Crippen MR) is 119 cm³/mol. The second kappa shape index (κ2) is 11.7. The van der Waals surface area contributed by atoms with Crippen LogP contribution in [-0.4, -0.2) is 50.4 Å². The summed E-state index contributed by atoms with van der Waals surface area (Å²) < 4.78 is 22.9. The summed E-state index contributed by atoms with van der Waals surface area (Å²) in [4.78, 5) is 24.7. The first-order valence-corrected chi connectivity index (χ1v) is 10.1. The van der Waals surface area contributed by atoms with Crippen LogP contribution in [0.4, 0.5) is 0 Å². The van der Waals surface area contributed by atoms with Crippen molar-refractivity contribution in [1.29, 1.82) is 5.26 Å². The van der Waals surface area contributed by atoms with Crippen molar-refractivity contribution in [2.24, 2.45) is 0 Å². The highest BCUT2D eigenvalue weighted by Crippen LogP contribution is 2.28. The van der Waals surface area contributed by atoms with Crippen molar-refractivity contribution in [2.75, 3.05) is 34.0 Å². The van der Waals surface area contributed by atoms with Crippen molar-refractivity contribution in [3.63, 3.8) is 0 Å². The maximum Gasteiger partial charge on any atom is 0.331 e. The Labute approximate surface area is 187 Å². The fraction of sp³-hybridized carbons (Fsp3) is 0.375. The molecule has 2 rings (SSSR count). The summed E-state index contributed by atoms with van der Waals surface area (Å²) in [5.41, 5.74) is 2.96. The van der Waals surface area contributed by atoms with E-state index < -0.39 is 5.97 Å². The zero-order valence-electron chi connectivity index (χ0n) is 19.0. The molecule has 0 aliphatic rings. The Balaban J connectivity index is 2.00. The number of carbonyl (C=O) groups excluding carboxylic acids is 2. The van der Waals surface area contributed by atoms with Gasteiger partial charge in [-0.15, -0.1) is 0 Å². The van der Waals surface area contributed by atoms with Crippen LogP contribution in [0.2, 0.25) is 0 Å². The number of methoxy groups -OCH3 is 2. The molecule has 0 N–H and O–H groups in total. The molecular weight excluding hydrogens is 412 g/mol. The number of aromatic nitrogens is 1. The van der Waals surface area contributed by atoms with Gasteiger partial charge >= 0.3 is 5.97 Å². The number of hydrogen-bond donors (Lipinski definition) is 0. The minimum Gasteiger partial charge on any atom is -0.493 e. The van der Waals surface area contributed by atoms with Crippen LogP contribution in [0.3, 0.4) is 0 Å². The van der Waals surface area contributed by atoms with Crippen LogP contribution in [0.5, 0.6) is 11.5 Å². The van der Waals surface area contributed by atoms with Gasteiger partial charge in [0.25, 0.3) is 0 Å². The number of ketones is 1. The minimum absolute atomic E-state index is 0.0840. The molecule has 0 fully saturated rings. The standard InChI is InChI=1S/C24H28N2O6/c1-16-12-20(18(3)26(16)17(2)14-29-4)21(27)15-32-24(28)9-7-19-6-8-22(31-11-10-25)23(13-19)30-5/h6-9,12-13,17H,11,14-15H2,1-5H3/b9-7+. The number of ether oxygens (including phenoxy) is 4. The molecule has 1 aromatic carbocycles. The van der Waals surface area contributed by atoms with Crippen LogP contribution in [0, 0.1) is 25.2 Å². The molecule has 1 aromatic heterocycles. The van der Waals surface area contributed by atoms with E-state index in [0.29, 0.717) is 29.2 Å². The Hall–Kier alpha value is -3.57. The first-order valence-electron chi connectivity index (χ1n) is 10.1. The average molecular weight is 440 g/mol. The zero-order valence-corrected chi connectivity index (χ0v) is 19.0. The predicted octanol–water partition coefficient (Wildman–Crippen LogP) is 3.66. The zero-order chi connectivity index (χ0) is 23.7. The van der Waals surface area contributed by atoms with E-state index in [2.05, 4.69) is 0 Å². The smallest absolute Gasteiger partial charge is 0.331 e. The monoisotopic (exact) mass is 440 g/mol. The molecule has 0 saturated heterocycles. The largest absolute Gasteiger partial charge is 0.493 e. The van der Waals surface area contributed by atoms with Crippen molar-refractivity contribution < 1.29 is 28.5 Å². The Morgan fingerprint density at radius 2 is 1.94 bits per heavy atom. The van der Waals surface area contributed by atoms with E-state index in [-0.39, 0.29) is 25.0 Å². The summed E-state index contributed by atoms with van der Waals surface area (Å²) in [6, 6.07) is 8.79. The summed E-state index contributed by atoms with van der Waals surface area (Å²) in [5.74, 6) is -0.0409. The molecule has 32 heavy (non-hydrogen) atoms. The first kappa shape index (κ1) is 24.7. The van der Waals surface area contributed by atoms with E-state index in [9.17, 15) is 9.59 Å². The fourth-order valence-corrected chi connectivity index (χ4v) is 3.50. The van der Waals surface area contributed by atoms with Gasteiger partial charge in [-0.2, -0.15) is 5.26 Å². The third-order valence-electron chi connectivity index (χ3n) is 4.87. The molecule has 0 saturated carbocycles. The van der Waals surface area contributed by atoms with E-state index in [1.807, 2.05) is 31.4 Å². The number of rotatable bonds is 11. The Morgan fingerprint density at radius 3 is 2.59 bits per heavy atom. The van der Waals surface area contributed by atoms with Crippen LogP contribution in [0.1, 0.15) is 40.3 Å². The van der Waals surface area contributed by atoms with E-state index in [4.69, 9.17) is 24.2 Å². The van der Waals surface area contributed by atoms with Crippen LogP contribution in [-0.2, 0) is 14.3 Å². The quantitative estimate of drug-likeness (QED) is 0.299. The molecule has 1 heterocycles. The number of carbonyl (C=O) groups is 2. The minimum atomic E-state index is -0.635. The maximum atomic E-state index is 12.6. The highest BCUT2D eigenvalue weighted by atomic mass is 16.5. The van der Waals surface area contributed by atoms with Gasteiger partial charge in [0.05, 0.1) is 19.8 Å². The van der Waals surface area contributed by atoms with Gasteiger partial charge in [-0.1, -0.05) is 6.07 Å². The van der Waals surface area contributed by atoms with E-state index in [0.717, 1.165) is 11.4 Å². The van der Waals surface area contributed by atoms with Crippen LogP contribution in [0.15, 0.2) is 30.3 Å². The summed E-state index contributed by atoms with van der Waals surface area (Å²) in [6.07, 6.45) is 2.78. The van der Waals surface area contributed by atoms with E-state index >= 15 is 0 Å². The van der Waals surface area contributed by atoms with Crippen LogP contribution < -0.4 is 9.47 Å². The molecule has 0 radical (unpaired) electrons. The lowest BCUT2D eigenvalue weighted by Crippen LogP contribution is -2.16. The van der Waals surface area contributed by atoms with Crippen LogP contribution in [0.25, 0.3) is 6.08 Å². The summed E-state index contributed by atoms with van der Waals surface area (Å²) in [7, 11) is 3.12. The topological polar surface area (TPSA) is 99.8 Å². The lowest BCUT2D eigenvalue weighted by Gasteiger charge is -2.17. The third kappa shape index (κ3) is 6.22. The molecule has 0 bridgehead atoms. The molecule has 8 nitrogen and oxygen atoms in total. The SMILES string of the molecule is COCC(C)n1c(C)cc(C(=O)COC(=O)/C=C/c2ccc(OCC#N)c(OC)c2)c1C. The van der Waals surface area contributed by atoms with Crippen molar-refractivity contribution in [3.8, 4) is 17.6 Å². The molecular formula is C24H28N2O6. The molecule has 0 spiro atoms. The Morgan fingerprint density at radius 1 is 1.19 bits per heavy atom. The lowest BCUT2D eigenvalue weighted by molar-refractivity contribution is -0.136. The van der Waals surface area contributed by atoms with Crippen molar-refractivity contribution in [1.82, 2.24) is 4.57 Å². The summed E-state index contributed by atoms with van der Waals surface area (Å²) in [5, 5.41) is 8.62. The molecule has 170 valence electrons. The third-order valence-corrected chi connectivity index (χ3v) is 4.87. The Bertz CT molecular complexity index is 1030. The molecule has 8 heteroatoms. The highest BCUT2D eigenvalue weighted by Gasteiger charge is 2.19. The van der Waals surface area contributed by atoms with Gasteiger partial charge in [-0.3, -0.25) is 4.79 Å². The number of nitrogens with zero attached hydrogens (tertiary/aromatic N) is 2. The molecule has 0 amide bonds. The molecule has 0 aliphatic heterocycles. The number of hydrogen-bond acceptors (Lipinski definition) is 7. The molecule has 2 aromatic rings.